The predicted octanol–water partition coefficient (Wildman–Crippen LogP) is 2.73. The number of nitrogens with one attached hydrogen (secondary N) is 1. The van der Waals surface area contributed by atoms with E-state index in [4.69, 9.17) is 4.74 Å². The fourth-order valence-corrected chi connectivity index (χ4v) is 3.62. The summed E-state index contributed by atoms with van der Waals surface area (Å²) in [6.45, 7) is 1.45. The number of amides is 1. The van der Waals surface area contributed by atoms with Gasteiger partial charge in [0.1, 0.15) is 39.6 Å². The molecule has 1 aromatic heterocycles. The highest BCUT2D eigenvalue weighted by Crippen LogP contribution is 2.21. The van der Waals surface area contributed by atoms with Gasteiger partial charge in [0.25, 0.3) is 15.9 Å². The van der Waals surface area contributed by atoms with E-state index in [9.17, 15) is 26.4 Å². The molecule has 11 heteroatoms. The Morgan fingerprint density at radius 3 is 2.38 bits per heavy atom. The van der Waals surface area contributed by atoms with Gasteiger partial charge in [-0.05, 0) is 31.2 Å². The van der Waals surface area contributed by atoms with Gasteiger partial charge in [-0.25, -0.2) is 31.3 Å². The number of aryl methyl sites for hydroxylation is 1. The van der Waals surface area contributed by atoms with Crippen molar-refractivity contribution in [3.63, 3.8) is 0 Å². The van der Waals surface area contributed by atoms with Crippen LogP contribution in [0.2, 0.25) is 0 Å². The van der Waals surface area contributed by atoms with Crippen LogP contribution in [0.1, 0.15) is 16.3 Å². The third-order valence-corrected chi connectivity index (χ3v) is 5.24. The quantitative estimate of drug-likeness (QED) is 0.679. The first-order valence-corrected chi connectivity index (χ1v) is 9.52. The third-order valence-electron chi connectivity index (χ3n) is 3.90. The van der Waals surface area contributed by atoms with Crippen molar-refractivity contribution < 1.29 is 31.1 Å². The summed E-state index contributed by atoms with van der Waals surface area (Å²) >= 11 is 0. The van der Waals surface area contributed by atoms with E-state index >= 15 is 0 Å². The molecule has 0 saturated carbocycles. The minimum absolute atomic E-state index is 0.0493. The maximum absolute atomic E-state index is 13.9. The van der Waals surface area contributed by atoms with Crippen molar-refractivity contribution in [3.05, 3.63) is 71.6 Å². The molecule has 1 N–H and O–H groups in total. The number of halogens is 3. The number of rotatable bonds is 5. The van der Waals surface area contributed by atoms with Crippen LogP contribution in [0.25, 0.3) is 5.69 Å². The zero-order chi connectivity index (χ0) is 21.3. The van der Waals surface area contributed by atoms with Crippen molar-refractivity contribution in [2.24, 2.45) is 0 Å². The lowest BCUT2D eigenvalue weighted by Gasteiger charge is -2.08. The van der Waals surface area contributed by atoms with E-state index in [1.165, 1.54) is 24.7 Å². The Balaban J connectivity index is 1.92. The highest BCUT2D eigenvalue weighted by Gasteiger charge is 2.25. The molecule has 0 aliphatic rings. The SMILES string of the molecule is COc1ccc(F)c(S(=O)(=O)NC(=O)c2cn(-c3cc(F)cc(F)c3)c(C)n2)c1. The van der Waals surface area contributed by atoms with Gasteiger partial charge in [-0.15, -0.1) is 0 Å². The van der Waals surface area contributed by atoms with E-state index in [-0.39, 0.29) is 23.0 Å². The Labute approximate surface area is 163 Å². The van der Waals surface area contributed by atoms with E-state index in [0.717, 1.165) is 30.5 Å². The second-order valence-corrected chi connectivity index (χ2v) is 7.55. The summed E-state index contributed by atoms with van der Waals surface area (Å²) in [6, 6.07) is 5.74. The molecule has 0 unspecified atom stereocenters. The van der Waals surface area contributed by atoms with Crippen molar-refractivity contribution in [3.8, 4) is 11.4 Å². The van der Waals surface area contributed by atoms with Crippen LogP contribution in [0.15, 0.2) is 47.5 Å². The average Bonchev–Trinajstić information content (AvgIpc) is 3.03. The second-order valence-electron chi connectivity index (χ2n) is 5.90. The number of hydrogen-bond donors (Lipinski definition) is 1. The Morgan fingerprint density at radius 2 is 1.76 bits per heavy atom. The van der Waals surface area contributed by atoms with E-state index < -0.39 is 38.3 Å². The number of imidazole rings is 1. The molecule has 0 fully saturated rings. The lowest BCUT2D eigenvalue weighted by molar-refractivity contribution is 0.0977. The first kappa shape index (κ1) is 20.4. The first-order valence-electron chi connectivity index (χ1n) is 8.04. The minimum Gasteiger partial charge on any atom is -0.497 e. The summed E-state index contributed by atoms with van der Waals surface area (Å²) in [5.74, 6) is -3.66. The van der Waals surface area contributed by atoms with E-state index in [2.05, 4.69) is 4.98 Å². The summed E-state index contributed by atoms with van der Waals surface area (Å²) in [5.41, 5.74) is -0.299. The molecule has 0 radical (unpaired) electrons. The van der Waals surface area contributed by atoms with Crippen molar-refractivity contribution in [2.45, 2.75) is 11.8 Å². The molecule has 7 nitrogen and oxygen atoms in total. The summed E-state index contributed by atoms with van der Waals surface area (Å²) in [7, 11) is -3.31. The molecule has 0 bridgehead atoms. The molecule has 1 heterocycles. The van der Waals surface area contributed by atoms with Crippen LogP contribution in [0.4, 0.5) is 13.2 Å². The predicted molar refractivity (Wildman–Crippen MR) is 95.8 cm³/mol. The topological polar surface area (TPSA) is 90.3 Å². The van der Waals surface area contributed by atoms with Crippen molar-refractivity contribution in [2.75, 3.05) is 7.11 Å². The molecule has 0 aliphatic heterocycles. The van der Waals surface area contributed by atoms with Gasteiger partial charge in [0.15, 0.2) is 0 Å². The molecular weight excluding hydrogens is 411 g/mol. The molecule has 0 spiro atoms. The number of nitrogens with zero attached hydrogens (tertiary/aromatic N) is 2. The maximum atomic E-state index is 13.9. The molecule has 3 aromatic rings. The number of methoxy groups -OCH3 is 1. The molecule has 1 amide bonds. The van der Waals surface area contributed by atoms with E-state index in [1.54, 1.807) is 4.72 Å². The van der Waals surface area contributed by atoms with Gasteiger partial charge in [-0.2, -0.15) is 0 Å². The average molecular weight is 425 g/mol. The standard InChI is InChI=1S/C18H14F3N3O4S/c1-10-22-16(9-24(10)13-6-11(19)5-12(20)7-13)18(25)23-29(26,27)17-8-14(28-2)3-4-15(17)21/h3-9H,1-2H3,(H,23,25). The van der Waals surface area contributed by atoms with Crippen LogP contribution in [-0.2, 0) is 10.0 Å². The Bertz CT molecular complexity index is 1190. The smallest absolute Gasteiger partial charge is 0.285 e. The number of sulfonamides is 1. The molecule has 3 rings (SSSR count). The van der Waals surface area contributed by atoms with Gasteiger partial charge in [-0.1, -0.05) is 0 Å². The van der Waals surface area contributed by atoms with Crippen LogP contribution in [0.3, 0.4) is 0 Å². The minimum atomic E-state index is -4.58. The number of ether oxygens (including phenoxy) is 1. The number of aromatic nitrogens is 2. The lowest BCUT2D eigenvalue weighted by atomic mass is 10.3. The van der Waals surface area contributed by atoms with E-state index in [1.807, 2.05) is 0 Å². The van der Waals surface area contributed by atoms with Gasteiger partial charge in [0.2, 0.25) is 0 Å². The number of carbonyl (C=O) groups is 1. The fourth-order valence-electron chi connectivity index (χ4n) is 2.57. The van der Waals surface area contributed by atoms with E-state index in [0.29, 0.717) is 6.07 Å². The second kappa shape index (κ2) is 7.59. The van der Waals surface area contributed by atoms with Crippen LogP contribution < -0.4 is 9.46 Å². The summed E-state index contributed by atoms with van der Waals surface area (Å²) < 4.78 is 73.4. The molecule has 0 aliphatic carbocycles. The third kappa shape index (κ3) is 4.24. The normalized spacial score (nSPS) is 11.3. The van der Waals surface area contributed by atoms with Gasteiger partial charge in [-0.3, -0.25) is 4.79 Å². The largest absolute Gasteiger partial charge is 0.497 e. The first-order chi connectivity index (χ1) is 13.6. The molecule has 2 aromatic carbocycles. The van der Waals surface area contributed by atoms with Gasteiger partial charge in [0.05, 0.1) is 12.8 Å². The van der Waals surface area contributed by atoms with Crippen LogP contribution >= 0.6 is 0 Å². The van der Waals surface area contributed by atoms with Crippen LogP contribution in [0, 0.1) is 24.4 Å². The number of hydrogen-bond acceptors (Lipinski definition) is 5. The van der Waals surface area contributed by atoms with Crippen LogP contribution in [0.5, 0.6) is 5.75 Å². The van der Waals surface area contributed by atoms with Crippen molar-refractivity contribution in [1.82, 2.24) is 14.3 Å². The molecular formula is C18H14F3N3O4S. The zero-order valence-corrected chi connectivity index (χ0v) is 15.9. The lowest BCUT2D eigenvalue weighted by Crippen LogP contribution is -2.31. The monoisotopic (exact) mass is 425 g/mol. The molecule has 152 valence electrons. The molecule has 0 atom stereocenters. The Hall–Kier alpha value is -3.34. The number of benzene rings is 2. The van der Waals surface area contributed by atoms with Crippen LogP contribution in [-0.4, -0.2) is 31.0 Å². The Kier molecular flexibility index (Phi) is 5.33. The number of carbonyl (C=O) groups excluding carboxylic acids is 1. The Morgan fingerprint density at radius 1 is 1.10 bits per heavy atom. The summed E-state index contributed by atoms with van der Waals surface area (Å²) in [5, 5.41) is 0. The van der Waals surface area contributed by atoms with Crippen molar-refractivity contribution in [1.29, 1.82) is 0 Å². The van der Waals surface area contributed by atoms with Gasteiger partial charge >= 0.3 is 0 Å². The van der Waals surface area contributed by atoms with Gasteiger partial charge in [0, 0.05) is 18.3 Å². The van der Waals surface area contributed by atoms with Gasteiger partial charge < -0.3 is 9.30 Å². The zero-order valence-electron chi connectivity index (χ0n) is 15.1. The molecule has 0 saturated heterocycles. The fraction of sp³-hybridized carbons (Fsp3) is 0.111. The van der Waals surface area contributed by atoms with Crippen molar-refractivity contribution >= 4 is 15.9 Å². The highest BCUT2D eigenvalue weighted by atomic mass is 32.2. The summed E-state index contributed by atoms with van der Waals surface area (Å²) in [4.78, 5) is 15.5. The summed E-state index contributed by atoms with van der Waals surface area (Å²) in [6.07, 6.45) is 1.11. The highest BCUT2D eigenvalue weighted by molar-refractivity contribution is 7.90. The molecule has 29 heavy (non-hydrogen) atoms. The maximum Gasteiger partial charge on any atom is 0.285 e.